The van der Waals surface area contributed by atoms with Gasteiger partial charge in [-0.1, -0.05) is 25.6 Å². The zero-order valence-electron chi connectivity index (χ0n) is 16.8. The summed E-state index contributed by atoms with van der Waals surface area (Å²) in [7, 11) is -1.41. The molecule has 2 bridgehead atoms. The lowest BCUT2D eigenvalue weighted by molar-refractivity contribution is 0.0213. The summed E-state index contributed by atoms with van der Waals surface area (Å²) in [5.41, 5.74) is 5.14. The Bertz CT molecular complexity index is 752. The Morgan fingerprint density at radius 2 is 2.00 bits per heavy atom. The highest BCUT2D eigenvalue weighted by atomic mass is 28.3. The Kier molecular flexibility index (Phi) is 4.91. The van der Waals surface area contributed by atoms with Crippen molar-refractivity contribution in [2.75, 3.05) is 0 Å². The van der Waals surface area contributed by atoms with E-state index in [1.807, 2.05) is 38.1 Å². The maximum atomic E-state index is 12.6. The average Bonchev–Trinajstić information content (AvgIpc) is 3.09. The Hall–Kier alpha value is -1.80. The van der Waals surface area contributed by atoms with Crippen molar-refractivity contribution in [3.05, 3.63) is 29.6 Å². The van der Waals surface area contributed by atoms with Gasteiger partial charge in [0.1, 0.15) is 13.7 Å². The lowest BCUT2D eigenvalue weighted by Crippen LogP contribution is -2.40. The normalized spacial score (nSPS) is 25.0. The summed E-state index contributed by atoms with van der Waals surface area (Å²) in [5.74, 6) is 3.64. The minimum Gasteiger partial charge on any atom is -0.444 e. The SMILES string of the molecule is CC(C)(C)OC(=O)N1[C@H]2CC[C@@H]1[C@@H](c1cncc(C#C[Si](C)(C)C)c1)C2. The van der Waals surface area contributed by atoms with E-state index in [2.05, 4.69) is 42.2 Å². The average molecular weight is 371 g/mol. The van der Waals surface area contributed by atoms with Crippen LogP contribution in [0.4, 0.5) is 4.79 Å². The van der Waals surface area contributed by atoms with Crippen LogP contribution in [0.5, 0.6) is 0 Å². The van der Waals surface area contributed by atoms with Crippen LogP contribution in [0, 0.1) is 11.5 Å². The van der Waals surface area contributed by atoms with Gasteiger partial charge in [0, 0.05) is 36.0 Å². The minimum absolute atomic E-state index is 0.171. The number of hydrogen-bond acceptors (Lipinski definition) is 3. The highest BCUT2D eigenvalue weighted by Crippen LogP contribution is 2.47. The predicted octanol–water partition coefficient (Wildman–Crippen LogP) is 4.57. The van der Waals surface area contributed by atoms with Crippen LogP contribution in [0.3, 0.4) is 0 Å². The van der Waals surface area contributed by atoms with Gasteiger partial charge in [-0.3, -0.25) is 4.98 Å². The van der Waals surface area contributed by atoms with Crippen molar-refractivity contribution in [3.63, 3.8) is 0 Å². The van der Waals surface area contributed by atoms with Crippen molar-refractivity contribution in [2.24, 2.45) is 0 Å². The zero-order valence-corrected chi connectivity index (χ0v) is 17.8. The first-order chi connectivity index (χ1) is 12.0. The summed E-state index contributed by atoms with van der Waals surface area (Å²) in [6.07, 6.45) is 6.72. The molecule has 0 spiro atoms. The molecule has 0 aromatic carbocycles. The van der Waals surface area contributed by atoms with Gasteiger partial charge in [-0.15, -0.1) is 5.54 Å². The van der Waals surface area contributed by atoms with Crippen LogP contribution in [0.1, 0.15) is 57.1 Å². The van der Waals surface area contributed by atoms with Gasteiger partial charge in [0.05, 0.1) is 0 Å². The van der Waals surface area contributed by atoms with E-state index in [1.165, 1.54) is 5.56 Å². The first-order valence-corrected chi connectivity index (χ1v) is 13.0. The second-order valence-electron chi connectivity index (χ2n) is 9.54. The minimum atomic E-state index is -1.41. The highest BCUT2D eigenvalue weighted by Gasteiger charge is 2.50. The van der Waals surface area contributed by atoms with E-state index < -0.39 is 13.7 Å². The smallest absolute Gasteiger partial charge is 0.410 e. The van der Waals surface area contributed by atoms with Crippen LogP contribution in [0.15, 0.2) is 18.5 Å². The number of amides is 1. The summed E-state index contributed by atoms with van der Waals surface area (Å²) >= 11 is 0. The number of carbonyl (C=O) groups excluding carboxylic acids is 1. The lowest BCUT2D eigenvalue weighted by Gasteiger charge is -2.28. The molecule has 26 heavy (non-hydrogen) atoms. The Balaban J connectivity index is 1.79. The molecular weight excluding hydrogens is 340 g/mol. The Labute approximate surface area is 158 Å². The number of aromatic nitrogens is 1. The van der Waals surface area contributed by atoms with Gasteiger partial charge in [0.15, 0.2) is 0 Å². The van der Waals surface area contributed by atoms with Gasteiger partial charge in [0.2, 0.25) is 0 Å². The predicted molar refractivity (Wildman–Crippen MR) is 107 cm³/mol. The molecule has 0 saturated carbocycles. The molecule has 0 N–H and O–H groups in total. The summed E-state index contributed by atoms with van der Waals surface area (Å²) in [6, 6.07) is 2.67. The van der Waals surface area contributed by atoms with Crippen LogP contribution in [-0.2, 0) is 4.74 Å². The van der Waals surface area contributed by atoms with E-state index in [4.69, 9.17) is 4.74 Å². The molecule has 1 aromatic rings. The number of fused-ring (bicyclic) bond motifs is 2. The monoisotopic (exact) mass is 370 g/mol. The molecule has 4 nitrogen and oxygen atoms in total. The van der Waals surface area contributed by atoms with Crippen molar-refractivity contribution in [3.8, 4) is 11.5 Å². The van der Waals surface area contributed by atoms with Crippen molar-refractivity contribution in [1.29, 1.82) is 0 Å². The molecule has 2 fully saturated rings. The van der Waals surface area contributed by atoms with Crippen LogP contribution in [-0.4, -0.2) is 41.7 Å². The van der Waals surface area contributed by atoms with E-state index in [1.54, 1.807) is 0 Å². The maximum absolute atomic E-state index is 12.6. The number of carbonyl (C=O) groups is 1. The van der Waals surface area contributed by atoms with Crippen molar-refractivity contribution in [2.45, 2.75) is 83.3 Å². The van der Waals surface area contributed by atoms with Gasteiger partial charge < -0.3 is 9.64 Å². The third-order valence-electron chi connectivity index (χ3n) is 4.91. The number of nitrogens with zero attached hydrogens (tertiary/aromatic N) is 2. The molecule has 3 rings (SSSR count). The van der Waals surface area contributed by atoms with Crippen LogP contribution in [0.2, 0.25) is 19.6 Å². The van der Waals surface area contributed by atoms with Crippen molar-refractivity contribution < 1.29 is 9.53 Å². The second-order valence-corrected chi connectivity index (χ2v) is 14.3. The van der Waals surface area contributed by atoms with Gasteiger partial charge in [0.25, 0.3) is 0 Å². The molecule has 1 amide bonds. The summed E-state index contributed by atoms with van der Waals surface area (Å²) in [5, 5.41) is 0. The molecule has 0 unspecified atom stereocenters. The third kappa shape index (κ3) is 4.29. The fourth-order valence-corrected chi connectivity index (χ4v) is 4.45. The van der Waals surface area contributed by atoms with Gasteiger partial charge >= 0.3 is 6.09 Å². The summed E-state index contributed by atoms with van der Waals surface area (Å²) in [4.78, 5) is 19.1. The first kappa shape index (κ1) is 19.0. The molecule has 2 aliphatic heterocycles. The molecule has 2 saturated heterocycles. The molecule has 0 aliphatic carbocycles. The molecule has 3 heterocycles. The quantitative estimate of drug-likeness (QED) is 0.537. The summed E-state index contributed by atoms with van der Waals surface area (Å²) < 4.78 is 5.64. The standard InChI is InChI=1S/C21H30N2O2Si/c1-21(2,3)25-20(24)23-17-7-8-19(23)18(12-17)16-11-15(13-22-14-16)9-10-26(4,5)6/h11,13-14,17-19H,7-8,12H2,1-6H3/t17-,18+,19+/m0/s1. The molecule has 0 radical (unpaired) electrons. The van der Waals surface area contributed by atoms with Gasteiger partial charge in [-0.2, -0.15) is 0 Å². The second kappa shape index (κ2) is 6.73. The first-order valence-electron chi connectivity index (χ1n) is 9.53. The highest BCUT2D eigenvalue weighted by molar-refractivity contribution is 6.83. The topological polar surface area (TPSA) is 42.4 Å². The lowest BCUT2D eigenvalue weighted by atomic mass is 9.84. The summed E-state index contributed by atoms with van der Waals surface area (Å²) in [6.45, 7) is 12.5. The third-order valence-corrected chi connectivity index (χ3v) is 5.79. The fraction of sp³-hybridized carbons (Fsp3) is 0.619. The van der Waals surface area contributed by atoms with Crippen molar-refractivity contribution in [1.82, 2.24) is 9.88 Å². The molecule has 5 heteroatoms. The largest absolute Gasteiger partial charge is 0.444 e. The molecule has 2 aliphatic rings. The molecular formula is C21H30N2O2Si. The Morgan fingerprint density at radius 1 is 1.27 bits per heavy atom. The van der Waals surface area contributed by atoms with Crippen molar-refractivity contribution >= 4 is 14.2 Å². The van der Waals surface area contributed by atoms with Crippen LogP contribution < -0.4 is 0 Å². The number of rotatable bonds is 1. The molecule has 140 valence electrons. The van der Waals surface area contributed by atoms with Crippen LogP contribution >= 0.6 is 0 Å². The number of pyridine rings is 1. The van der Waals surface area contributed by atoms with Gasteiger partial charge in [-0.25, -0.2) is 4.79 Å². The van der Waals surface area contributed by atoms with E-state index in [-0.39, 0.29) is 18.2 Å². The molecule has 1 aromatic heterocycles. The van der Waals surface area contributed by atoms with E-state index >= 15 is 0 Å². The Morgan fingerprint density at radius 3 is 2.65 bits per heavy atom. The number of hydrogen-bond donors (Lipinski definition) is 0. The van der Waals surface area contributed by atoms with E-state index in [0.717, 1.165) is 24.8 Å². The zero-order chi connectivity index (χ0) is 19.1. The van der Waals surface area contributed by atoms with E-state index in [9.17, 15) is 4.79 Å². The van der Waals surface area contributed by atoms with Crippen LogP contribution in [0.25, 0.3) is 0 Å². The van der Waals surface area contributed by atoms with Gasteiger partial charge in [-0.05, 0) is 51.7 Å². The number of ether oxygens (including phenoxy) is 1. The molecule has 3 atom stereocenters. The fourth-order valence-electron chi connectivity index (χ4n) is 3.93. The van der Waals surface area contributed by atoms with E-state index in [0.29, 0.717) is 5.92 Å². The maximum Gasteiger partial charge on any atom is 0.410 e.